The van der Waals surface area contributed by atoms with Gasteiger partial charge >= 0.3 is 0 Å². The molecule has 1 atom stereocenters. The molecule has 0 unspecified atom stereocenters. The molecule has 0 bridgehead atoms. The normalized spacial score (nSPS) is 12.2. The molecule has 2 aromatic carbocycles. The molecule has 0 saturated carbocycles. The number of rotatable bonds is 5. The summed E-state index contributed by atoms with van der Waals surface area (Å²) in [6, 6.07) is 13.5. The van der Waals surface area contributed by atoms with Crippen molar-refractivity contribution in [3.63, 3.8) is 0 Å². The average Bonchev–Trinajstić information content (AvgIpc) is 2.46. The molecule has 2 aromatic rings. The predicted octanol–water partition coefficient (Wildman–Crippen LogP) is 4.67. The van der Waals surface area contributed by atoms with Crippen molar-refractivity contribution in [2.24, 2.45) is 0 Å². The second-order valence-electron chi connectivity index (χ2n) is 4.88. The average molecular weight is 291 g/mol. The van der Waals surface area contributed by atoms with Crippen molar-refractivity contribution in [1.82, 2.24) is 0 Å². The minimum atomic E-state index is -0.407. The van der Waals surface area contributed by atoms with Crippen molar-refractivity contribution in [2.75, 3.05) is 0 Å². The number of aryl methyl sites for hydroxylation is 1. The maximum atomic E-state index is 9.73. The molecule has 0 aliphatic carbocycles. The second-order valence-corrected chi connectivity index (χ2v) is 5.28. The third-order valence-corrected chi connectivity index (χ3v) is 3.61. The highest BCUT2D eigenvalue weighted by Gasteiger charge is 2.05. The fourth-order valence-corrected chi connectivity index (χ4v) is 2.24. The summed E-state index contributed by atoms with van der Waals surface area (Å²) in [5, 5.41) is 10.5. The SMILES string of the molecule is CC[C@H](O)c1ccc(OCc2ccc(C)cc2Cl)cc1. The van der Waals surface area contributed by atoms with Crippen LogP contribution in [0.15, 0.2) is 42.5 Å². The van der Waals surface area contributed by atoms with Crippen LogP contribution in [0.5, 0.6) is 5.75 Å². The van der Waals surface area contributed by atoms with Gasteiger partial charge in [-0.05, 0) is 42.7 Å². The molecule has 0 aromatic heterocycles. The molecule has 106 valence electrons. The third kappa shape index (κ3) is 3.75. The van der Waals surface area contributed by atoms with Crippen molar-refractivity contribution in [2.45, 2.75) is 33.0 Å². The van der Waals surface area contributed by atoms with E-state index < -0.39 is 6.10 Å². The Morgan fingerprint density at radius 3 is 2.45 bits per heavy atom. The predicted molar refractivity (Wildman–Crippen MR) is 82.2 cm³/mol. The zero-order chi connectivity index (χ0) is 14.5. The zero-order valence-corrected chi connectivity index (χ0v) is 12.5. The van der Waals surface area contributed by atoms with Crippen molar-refractivity contribution in [1.29, 1.82) is 0 Å². The lowest BCUT2D eigenvalue weighted by Crippen LogP contribution is -1.98. The number of aliphatic hydroxyl groups is 1. The van der Waals surface area contributed by atoms with E-state index in [1.54, 1.807) is 0 Å². The van der Waals surface area contributed by atoms with Gasteiger partial charge in [-0.3, -0.25) is 0 Å². The number of halogens is 1. The summed E-state index contributed by atoms with van der Waals surface area (Å²) in [4.78, 5) is 0. The van der Waals surface area contributed by atoms with Gasteiger partial charge in [0.2, 0.25) is 0 Å². The first-order chi connectivity index (χ1) is 9.60. The van der Waals surface area contributed by atoms with Gasteiger partial charge in [-0.15, -0.1) is 0 Å². The Balaban J connectivity index is 2.00. The summed E-state index contributed by atoms with van der Waals surface area (Å²) in [5.41, 5.74) is 3.01. The van der Waals surface area contributed by atoms with Crippen LogP contribution in [0.2, 0.25) is 5.02 Å². The number of benzene rings is 2. The Morgan fingerprint density at radius 1 is 1.15 bits per heavy atom. The summed E-state index contributed by atoms with van der Waals surface area (Å²) in [6.45, 7) is 4.40. The van der Waals surface area contributed by atoms with Gasteiger partial charge in [-0.1, -0.05) is 42.8 Å². The van der Waals surface area contributed by atoms with E-state index >= 15 is 0 Å². The first kappa shape index (κ1) is 14.9. The number of ether oxygens (including phenoxy) is 1. The summed E-state index contributed by atoms with van der Waals surface area (Å²) < 4.78 is 5.72. The molecular formula is C17H19ClO2. The van der Waals surface area contributed by atoms with Crippen LogP contribution < -0.4 is 4.74 Å². The molecule has 0 aliphatic rings. The highest BCUT2D eigenvalue weighted by atomic mass is 35.5. The molecule has 0 saturated heterocycles. The maximum absolute atomic E-state index is 9.73. The van der Waals surface area contributed by atoms with Gasteiger partial charge in [0.1, 0.15) is 12.4 Å². The van der Waals surface area contributed by atoms with Crippen molar-refractivity contribution >= 4 is 11.6 Å². The van der Waals surface area contributed by atoms with Crippen LogP contribution in [0, 0.1) is 6.92 Å². The topological polar surface area (TPSA) is 29.5 Å². The second kappa shape index (κ2) is 6.78. The molecule has 0 aliphatic heterocycles. The Labute approximate surface area is 125 Å². The molecular weight excluding hydrogens is 272 g/mol. The minimum absolute atomic E-state index is 0.407. The summed E-state index contributed by atoms with van der Waals surface area (Å²) in [6.07, 6.45) is 0.301. The largest absolute Gasteiger partial charge is 0.489 e. The van der Waals surface area contributed by atoms with Crippen LogP contribution in [-0.2, 0) is 6.61 Å². The van der Waals surface area contributed by atoms with Gasteiger partial charge in [-0.2, -0.15) is 0 Å². The Bertz CT molecular complexity index is 564. The Hall–Kier alpha value is -1.51. The molecule has 0 radical (unpaired) electrons. The van der Waals surface area contributed by atoms with Gasteiger partial charge in [0.25, 0.3) is 0 Å². The van der Waals surface area contributed by atoms with Gasteiger partial charge in [-0.25, -0.2) is 0 Å². The number of aliphatic hydroxyl groups excluding tert-OH is 1. The first-order valence-corrected chi connectivity index (χ1v) is 7.13. The fourth-order valence-electron chi connectivity index (χ4n) is 1.95. The van der Waals surface area contributed by atoms with E-state index in [4.69, 9.17) is 16.3 Å². The highest BCUT2D eigenvalue weighted by molar-refractivity contribution is 6.31. The van der Waals surface area contributed by atoms with Crippen molar-refractivity contribution in [3.05, 3.63) is 64.2 Å². The minimum Gasteiger partial charge on any atom is -0.489 e. The van der Waals surface area contributed by atoms with E-state index in [1.807, 2.05) is 56.3 Å². The van der Waals surface area contributed by atoms with Gasteiger partial charge in [0.05, 0.1) is 6.10 Å². The number of hydrogen-bond acceptors (Lipinski definition) is 2. The third-order valence-electron chi connectivity index (χ3n) is 3.25. The monoisotopic (exact) mass is 290 g/mol. The molecule has 1 N–H and O–H groups in total. The molecule has 0 amide bonds. The van der Waals surface area contributed by atoms with E-state index in [0.29, 0.717) is 13.0 Å². The lowest BCUT2D eigenvalue weighted by molar-refractivity contribution is 0.173. The standard InChI is InChI=1S/C17H19ClO2/c1-3-17(19)13-6-8-15(9-7-13)20-11-14-5-4-12(2)10-16(14)18/h4-10,17,19H,3,11H2,1-2H3/t17-/m0/s1. The van der Waals surface area contributed by atoms with E-state index in [2.05, 4.69) is 0 Å². The number of hydrogen-bond donors (Lipinski definition) is 1. The smallest absolute Gasteiger partial charge is 0.119 e. The van der Waals surface area contributed by atoms with E-state index in [9.17, 15) is 5.11 Å². The van der Waals surface area contributed by atoms with Crippen LogP contribution in [0.1, 0.15) is 36.1 Å². The van der Waals surface area contributed by atoms with Crippen LogP contribution in [0.3, 0.4) is 0 Å². The van der Waals surface area contributed by atoms with Crippen LogP contribution in [0.4, 0.5) is 0 Å². The Kier molecular flexibility index (Phi) is 5.05. The van der Waals surface area contributed by atoms with Gasteiger partial charge in [0, 0.05) is 10.6 Å². The van der Waals surface area contributed by atoms with Gasteiger partial charge in [0.15, 0.2) is 0 Å². The van der Waals surface area contributed by atoms with Crippen molar-refractivity contribution in [3.8, 4) is 5.75 Å². The summed E-state index contributed by atoms with van der Waals surface area (Å²) in [5.74, 6) is 0.772. The summed E-state index contributed by atoms with van der Waals surface area (Å²) >= 11 is 6.17. The molecule has 2 rings (SSSR count). The van der Waals surface area contributed by atoms with Crippen LogP contribution in [0.25, 0.3) is 0 Å². The molecule has 0 heterocycles. The van der Waals surface area contributed by atoms with Gasteiger partial charge < -0.3 is 9.84 Å². The molecule has 2 nitrogen and oxygen atoms in total. The molecule has 0 spiro atoms. The first-order valence-electron chi connectivity index (χ1n) is 6.76. The zero-order valence-electron chi connectivity index (χ0n) is 11.8. The van der Waals surface area contributed by atoms with E-state index in [1.165, 1.54) is 0 Å². The summed E-state index contributed by atoms with van der Waals surface area (Å²) in [7, 11) is 0. The molecule has 3 heteroatoms. The van der Waals surface area contributed by atoms with E-state index in [-0.39, 0.29) is 0 Å². The lowest BCUT2D eigenvalue weighted by Gasteiger charge is -2.11. The van der Waals surface area contributed by atoms with Crippen molar-refractivity contribution < 1.29 is 9.84 Å². The lowest BCUT2D eigenvalue weighted by atomic mass is 10.1. The highest BCUT2D eigenvalue weighted by Crippen LogP contribution is 2.22. The maximum Gasteiger partial charge on any atom is 0.119 e. The Morgan fingerprint density at radius 2 is 1.85 bits per heavy atom. The quantitative estimate of drug-likeness (QED) is 0.867. The van der Waals surface area contributed by atoms with E-state index in [0.717, 1.165) is 27.5 Å². The van der Waals surface area contributed by atoms with Crippen LogP contribution >= 0.6 is 11.6 Å². The fraction of sp³-hybridized carbons (Fsp3) is 0.294. The van der Waals surface area contributed by atoms with Crippen LogP contribution in [-0.4, -0.2) is 5.11 Å². The molecule has 0 fully saturated rings. The molecule has 20 heavy (non-hydrogen) atoms.